The molecular weight excluding hydrogens is 288 g/mol. The van der Waals surface area contributed by atoms with E-state index in [1.54, 1.807) is 12.1 Å². The van der Waals surface area contributed by atoms with Gasteiger partial charge in [0.15, 0.2) is 6.29 Å². The molecule has 0 saturated heterocycles. The highest BCUT2D eigenvalue weighted by Gasteiger charge is 2.29. The molecule has 1 heterocycles. The Labute approximate surface area is 123 Å². The van der Waals surface area contributed by atoms with Crippen LogP contribution < -0.4 is 0 Å². The van der Waals surface area contributed by atoms with Crippen molar-refractivity contribution in [2.75, 3.05) is 0 Å². The van der Waals surface area contributed by atoms with E-state index in [0.717, 1.165) is 0 Å². The largest absolute Gasteiger partial charge is 0.478 e. The number of hydrogen-bond donors (Lipinski definition) is 1. The zero-order chi connectivity index (χ0) is 15.9. The third kappa shape index (κ3) is 2.07. The third-order valence-electron chi connectivity index (χ3n) is 3.39. The molecule has 1 N–H and O–H groups in total. The minimum Gasteiger partial charge on any atom is -0.478 e. The molecule has 2 aromatic carbocycles. The second kappa shape index (κ2) is 4.92. The molecule has 6 heteroatoms. The van der Waals surface area contributed by atoms with Gasteiger partial charge in [-0.3, -0.25) is 4.79 Å². The Kier molecular flexibility index (Phi) is 3.06. The number of carboxylic acids is 1. The van der Waals surface area contributed by atoms with Crippen LogP contribution in [-0.2, 0) is 4.74 Å². The van der Waals surface area contributed by atoms with Crippen molar-refractivity contribution in [2.45, 2.75) is 0 Å². The summed E-state index contributed by atoms with van der Waals surface area (Å²) in [4.78, 5) is 45.0. The maximum absolute atomic E-state index is 11.6. The monoisotopic (exact) mass is 296 g/mol. The summed E-state index contributed by atoms with van der Waals surface area (Å²) in [6.07, 6.45) is 0.464. The predicted octanol–water partition coefficient (Wildman–Crippen LogP) is 2.17. The van der Waals surface area contributed by atoms with Crippen LogP contribution in [0.2, 0.25) is 0 Å². The first kappa shape index (κ1) is 13.7. The summed E-state index contributed by atoms with van der Waals surface area (Å²) in [6.45, 7) is 0. The Morgan fingerprint density at radius 3 is 2.27 bits per heavy atom. The second-order valence-electron chi connectivity index (χ2n) is 4.66. The van der Waals surface area contributed by atoms with Crippen LogP contribution in [0.15, 0.2) is 36.4 Å². The van der Waals surface area contributed by atoms with E-state index in [9.17, 15) is 19.2 Å². The van der Waals surface area contributed by atoms with Crippen LogP contribution in [0, 0.1) is 0 Å². The van der Waals surface area contributed by atoms with Gasteiger partial charge in [0.25, 0.3) is 0 Å². The first-order valence-electron chi connectivity index (χ1n) is 6.24. The van der Waals surface area contributed by atoms with Crippen LogP contribution in [0.4, 0.5) is 0 Å². The van der Waals surface area contributed by atoms with E-state index in [-0.39, 0.29) is 22.3 Å². The highest BCUT2D eigenvalue weighted by atomic mass is 16.6. The number of carboxylic acid groups (broad SMARTS) is 1. The molecule has 1 aliphatic heterocycles. The van der Waals surface area contributed by atoms with Crippen molar-refractivity contribution in [2.24, 2.45) is 0 Å². The van der Waals surface area contributed by atoms with Gasteiger partial charge in [0.2, 0.25) is 0 Å². The standard InChI is InChI=1S/C16H8O6/c17-7-10-2-1-8(5-12(10)14(18)19)9-3-4-11-13(6-9)16(21)22-15(11)20/h1-7H,(H,18,19). The van der Waals surface area contributed by atoms with Gasteiger partial charge in [0, 0.05) is 5.56 Å². The zero-order valence-corrected chi connectivity index (χ0v) is 11.0. The summed E-state index contributed by atoms with van der Waals surface area (Å²) in [5.74, 6) is -2.65. The summed E-state index contributed by atoms with van der Waals surface area (Å²) in [5.41, 5.74) is 1.30. The number of aromatic carboxylic acids is 1. The Balaban J connectivity index is 2.13. The van der Waals surface area contributed by atoms with Crippen molar-refractivity contribution in [3.8, 4) is 11.1 Å². The molecule has 0 aliphatic carbocycles. The molecule has 0 atom stereocenters. The van der Waals surface area contributed by atoms with Gasteiger partial charge in [-0.25, -0.2) is 14.4 Å². The van der Waals surface area contributed by atoms with E-state index in [4.69, 9.17) is 5.11 Å². The van der Waals surface area contributed by atoms with Gasteiger partial charge in [-0.1, -0.05) is 18.2 Å². The van der Waals surface area contributed by atoms with Crippen LogP contribution in [0.25, 0.3) is 11.1 Å². The van der Waals surface area contributed by atoms with Crippen molar-refractivity contribution in [3.63, 3.8) is 0 Å². The van der Waals surface area contributed by atoms with Crippen LogP contribution in [0.3, 0.4) is 0 Å². The summed E-state index contributed by atoms with van der Waals surface area (Å²) in [5, 5.41) is 9.12. The van der Waals surface area contributed by atoms with Crippen molar-refractivity contribution >= 4 is 24.2 Å². The van der Waals surface area contributed by atoms with Crippen molar-refractivity contribution in [1.29, 1.82) is 0 Å². The lowest BCUT2D eigenvalue weighted by Gasteiger charge is -2.06. The van der Waals surface area contributed by atoms with Gasteiger partial charge in [0.1, 0.15) is 0 Å². The number of esters is 2. The van der Waals surface area contributed by atoms with Crippen LogP contribution in [-0.4, -0.2) is 29.3 Å². The number of carbonyl (C=O) groups is 4. The van der Waals surface area contributed by atoms with Gasteiger partial charge in [-0.2, -0.15) is 0 Å². The molecule has 0 saturated carbocycles. The van der Waals surface area contributed by atoms with Crippen LogP contribution >= 0.6 is 0 Å². The number of hydrogen-bond acceptors (Lipinski definition) is 5. The first-order chi connectivity index (χ1) is 10.5. The maximum Gasteiger partial charge on any atom is 0.346 e. The highest BCUT2D eigenvalue weighted by molar-refractivity contribution is 6.15. The summed E-state index contributed by atoms with van der Waals surface area (Å²) < 4.78 is 4.50. The number of carbonyl (C=O) groups excluding carboxylic acids is 3. The molecule has 2 aromatic rings. The molecule has 0 radical (unpaired) electrons. The molecule has 0 bridgehead atoms. The Hall–Kier alpha value is -3.28. The number of fused-ring (bicyclic) bond motifs is 1. The first-order valence-corrected chi connectivity index (χ1v) is 6.24. The summed E-state index contributed by atoms with van der Waals surface area (Å²) >= 11 is 0. The lowest BCUT2D eigenvalue weighted by atomic mass is 9.97. The molecule has 1 aliphatic rings. The Bertz CT molecular complexity index is 841. The fourth-order valence-electron chi connectivity index (χ4n) is 2.29. The minimum absolute atomic E-state index is 0.0620. The number of rotatable bonds is 3. The molecule has 0 spiro atoms. The Morgan fingerprint density at radius 2 is 1.59 bits per heavy atom. The van der Waals surface area contributed by atoms with E-state index in [1.807, 2.05) is 0 Å². The van der Waals surface area contributed by atoms with Gasteiger partial charge < -0.3 is 9.84 Å². The van der Waals surface area contributed by atoms with Crippen molar-refractivity contribution in [1.82, 2.24) is 0 Å². The fourth-order valence-corrected chi connectivity index (χ4v) is 2.29. The number of cyclic esters (lactones) is 2. The normalized spacial score (nSPS) is 12.7. The molecule has 3 rings (SSSR count). The quantitative estimate of drug-likeness (QED) is 0.529. The number of ether oxygens (including phenoxy) is 1. The molecule has 6 nitrogen and oxygen atoms in total. The van der Waals surface area contributed by atoms with Gasteiger partial charge in [-0.05, 0) is 29.3 Å². The van der Waals surface area contributed by atoms with E-state index >= 15 is 0 Å². The molecule has 22 heavy (non-hydrogen) atoms. The zero-order valence-electron chi connectivity index (χ0n) is 11.0. The maximum atomic E-state index is 11.6. The van der Waals surface area contributed by atoms with Crippen LogP contribution in [0.1, 0.15) is 41.4 Å². The lowest BCUT2D eigenvalue weighted by molar-refractivity contribution is 0.0443. The van der Waals surface area contributed by atoms with Crippen molar-refractivity contribution in [3.05, 3.63) is 58.7 Å². The van der Waals surface area contributed by atoms with Gasteiger partial charge in [-0.15, -0.1) is 0 Å². The summed E-state index contributed by atoms with van der Waals surface area (Å²) in [7, 11) is 0. The Morgan fingerprint density at radius 1 is 0.955 bits per heavy atom. The smallest absolute Gasteiger partial charge is 0.346 e. The highest BCUT2D eigenvalue weighted by Crippen LogP contribution is 2.28. The van der Waals surface area contributed by atoms with E-state index in [0.29, 0.717) is 17.4 Å². The topological polar surface area (TPSA) is 97.7 Å². The van der Waals surface area contributed by atoms with Crippen LogP contribution in [0.5, 0.6) is 0 Å². The predicted molar refractivity (Wildman–Crippen MR) is 74.0 cm³/mol. The molecule has 0 fully saturated rings. The molecule has 108 valence electrons. The average Bonchev–Trinajstić information content (AvgIpc) is 2.81. The number of benzene rings is 2. The van der Waals surface area contributed by atoms with Gasteiger partial charge in [0.05, 0.1) is 16.7 Å². The van der Waals surface area contributed by atoms with Gasteiger partial charge >= 0.3 is 17.9 Å². The molecule has 0 aromatic heterocycles. The molecule has 0 unspecified atom stereocenters. The van der Waals surface area contributed by atoms with E-state index in [1.165, 1.54) is 24.3 Å². The minimum atomic E-state index is -1.22. The lowest BCUT2D eigenvalue weighted by Crippen LogP contribution is -2.02. The van der Waals surface area contributed by atoms with Crippen molar-refractivity contribution < 1.29 is 29.0 Å². The number of aldehydes is 1. The third-order valence-corrected chi connectivity index (χ3v) is 3.39. The fraction of sp³-hybridized carbons (Fsp3) is 0. The second-order valence-corrected chi connectivity index (χ2v) is 4.66. The average molecular weight is 296 g/mol. The SMILES string of the molecule is O=Cc1ccc(-c2ccc3c(c2)C(=O)OC3=O)cc1C(=O)O. The van der Waals surface area contributed by atoms with E-state index in [2.05, 4.69) is 4.74 Å². The molecule has 0 amide bonds. The summed E-state index contributed by atoms with van der Waals surface area (Å²) in [6, 6.07) is 8.80. The van der Waals surface area contributed by atoms with E-state index < -0.39 is 17.9 Å². The molecular formula is C16H8O6.